The van der Waals surface area contributed by atoms with Crippen LogP contribution < -0.4 is 11.1 Å². The first-order chi connectivity index (χ1) is 7.56. The van der Waals surface area contributed by atoms with E-state index in [1.165, 1.54) is 0 Å². The number of nitrogens with two attached hydrogens (primary N) is 1. The van der Waals surface area contributed by atoms with E-state index >= 15 is 0 Å². The number of hydrogen-bond donors (Lipinski definition) is 3. The van der Waals surface area contributed by atoms with Gasteiger partial charge < -0.3 is 20.9 Å². The highest BCUT2D eigenvalue weighted by Crippen LogP contribution is 2.14. The normalized spacial score (nSPS) is 13.1. The van der Waals surface area contributed by atoms with E-state index in [2.05, 4.69) is 41.0 Å². The van der Waals surface area contributed by atoms with Crippen LogP contribution in [0.2, 0.25) is 0 Å². The van der Waals surface area contributed by atoms with E-state index in [0.717, 1.165) is 31.3 Å². The molecule has 1 aromatic heterocycles. The number of aromatic nitrogens is 2. The molecule has 1 unspecified atom stereocenters. The molecule has 1 rings (SSSR count). The molecule has 0 amide bonds. The van der Waals surface area contributed by atoms with Crippen molar-refractivity contribution in [1.29, 1.82) is 0 Å². The first kappa shape index (κ1) is 12.8. The van der Waals surface area contributed by atoms with Gasteiger partial charge in [0.2, 0.25) is 0 Å². The van der Waals surface area contributed by atoms with Crippen molar-refractivity contribution in [1.82, 2.24) is 14.9 Å². The molecule has 4 N–H and O–H groups in total. The molecule has 1 heterocycles. The second-order valence-electron chi connectivity index (χ2n) is 4.12. The highest BCUT2D eigenvalue weighted by atomic mass is 15.2. The summed E-state index contributed by atoms with van der Waals surface area (Å²) in [4.78, 5) is 9.65. The summed E-state index contributed by atoms with van der Waals surface area (Å²) in [5.74, 6) is 2.22. The highest BCUT2D eigenvalue weighted by Gasteiger charge is 2.10. The predicted molar refractivity (Wildman–Crippen MR) is 68.6 cm³/mol. The number of nitrogens with one attached hydrogen (secondary N) is 2. The minimum Gasteiger partial charge on any atom is -0.382 e. The van der Waals surface area contributed by atoms with Crippen LogP contribution in [0.5, 0.6) is 0 Å². The van der Waals surface area contributed by atoms with E-state index < -0.39 is 0 Å². The van der Waals surface area contributed by atoms with Crippen LogP contribution >= 0.6 is 0 Å². The van der Waals surface area contributed by atoms with Crippen molar-refractivity contribution in [2.75, 3.05) is 30.7 Å². The lowest BCUT2D eigenvalue weighted by molar-refractivity contribution is 0.294. The Hall–Kier alpha value is -1.23. The minimum atomic E-state index is 0.338. The van der Waals surface area contributed by atoms with Crippen LogP contribution in [0.4, 0.5) is 11.6 Å². The number of imidazole rings is 1. The molecule has 0 aliphatic heterocycles. The molecule has 1 atom stereocenters. The fraction of sp³-hybridized carbons (Fsp3) is 0.727. The van der Waals surface area contributed by atoms with Crippen molar-refractivity contribution >= 4 is 11.6 Å². The van der Waals surface area contributed by atoms with Gasteiger partial charge in [0.15, 0.2) is 5.82 Å². The van der Waals surface area contributed by atoms with Gasteiger partial charge >= 0.3 is 0 Å². The fourth-order valence-electron chi connectivity index (χ4n) is 1.77. The van der Waals surface area contributed by atoms with Gasteiger partial charge in [0.1, 0.15) is 11.6 Å². The quantitative estimate of drug-likeness (QED) is 0.685. The molecular weight excluding hydrogens is 202 g/mol. The summed E-state index contributed by atoms with van der Waals surface area (Å²) in [6.07, 6.45) is 0. The highest BCUT2D eigenvalue weighted by molar-refractivity contribution is 5.57. The largest absolute Gasteiger partial charge is 0.382 e. The van der Waals surface area contributed by atoms with Crippen LogP contribution in [0.3, 0.4) is 0 Å². The molecule has 0 radical (unpaired) electrons. The van der Waals surface area contributed by atoms with Crippen LogP contribution in [0.1, 0.15) is 26.6 Å². The zero-order chi connectivity index (χ0) is 12.1. The van der Waals surface area contributed by atoms with E-state index in [9.17, 15) is 0 Å². The van der Waals surface area contributed by atoms with Crippen LogP contribution in [0.25, 0.3) is 0 Å². The van der Waals surface area contributed by atoms with E-state index in [1.807, 2.05) is 6.92 Å². The standard InChI is InChI=1S/C11H23N5/c1-5-16(6-2)7-8(3)13-11-10(12)14-9(4)15-11/h8,13H,5-7,12H2,1-4H3,(H,14,15). The molecule has 0 fully saturated rings. The number of aromatic amines is 1. The number of nitrogen functional groups attached to an aromatic ring is 1. The third-order valence-electron chi connectivity index (χ3n) is 2.66. The topological polar surface area (TPSA) is 70.0 Å². The Balaban J connectivity index is 2.50. The van der Waals surface area contributed by atoms with Crippen molar-refractivity contribution in [2.45, 2.75) is 33.7 Å². The Bertz CT molecular complexity index is 316. The maximum atomic E-state index is 5.79. The van der Waals surface area contributed by atoms with Crippen LogP contribution in [0.15, 0.2) is 0 Å². The second-order valence-corrected chi connectivity index (χ2v) is 4.12. The molecule has 0 bridgehead atoms. The van der Waals surface area contributed by atoms with Crippen molar-refractivity contribution in [3.8, 4) is 0 Å². The van der Waals surface area contributed by atoms with E-state index in [-0.39, 0.29) is 0 Å². The Morgan fingerprint density at radius 1 is 1.44 bits per heavy atom. The first-order valence-corrected chi connectivity index (χ1v) is 5.87. The van der Waals surface area contributed by atoms with Gasteiger partial charge in [-0.1, -0.05) is 13.8 Å². The van der Waals surface area contributed by atoms with Gasteiger partial charge in [0, 0.05) is 12.6 Å². The van der Waals surface area contributed by atoms with Crippen LogP contribution in [-0.2, 0) is 0 Å². The Kier molecular flexibility index (Phi) is 4.61. The van der Waals surface area contributed by atoms with Crippen molar-refractivity contribution in [3.63, 3.8) is 0 Å². The summed E-state index contributed by atoms with van der Waals surface area (Å²) in [6.45, 7) is 11.5. The van der Waals surface area contributed by atoms with Gasteiger partial charge in [-0.3, -0.25) is 0 Å². The monoisotopic (exact) mass is 225 g/mol. The van der Waals surface area contributed by atoms with Gasteiger partial charge in [-0.25, -0.2) is 4.98 Å². The van der Waals surface area contributed by atoms with Gasteiger partial charge in [-0.15, -0.1) is 0 Å². The van der Waals surface area contributed by atoms with Gasteiger partial charge in [-0.2, -0.15) is 0 Å². The predicted octanol–water partition coefficient (Wildman–Crippen LogP) is 1.44. The van der Waals surface area contributed by atoms with Gasteiger partial charge in [0.25, 0.3) is 0 Å². The summed E-state index contributed by atoms with van der Waals surface area (Å²) in [5.41, 5.74) is 5.79. The molecule has 0 aliphatic carbocycles. The molecule has 0 spiro atoms. The zero-order valence-corrected chi connectivity index (χ0v) is 10.7. The lowest BCUT2D eigenvalue weighted by atomic mass is 10.3. The van der Waals surface area contributed by atoms with Crippen molar-refractivity contribution < 1.29 is 0 Å². The maximum Gasteiger partial charge on any atom is 0.169 e. The van der Waals surface area contributed by atoms with E-state index in [0.29, 0.717) is 11.9 Å². The fourth-order valence-corrected chi connectivity index (χ4v) is 1.77. The number of likely N-dealkylation sites (N-methyl/N-ethyl adjacent to an activating group) is 1. The lowest BCUT2D eigenvalue weighted by Crippen LogP contribution is -2.34. The molecular formula is C11H23N5. The lowest BCUT2D eigenvalue weighted by Gasteiger charge is -2.23. The summed E-state index contributed by atoms with van der Waals surface area (Å²) < 4.78 is 0. The molecule has 0 saturated heterocycles. The van der Waals surface area contributed by atoms with Crippen molar-refractivity contribution in [3.05, 3.63) is 5.82 Å². The zero-order valence-electron chi connectivity index (χ0n) is 10.7. The number of hydrogen-bond acceptors (Lipinski definition) is 4. The molecule has 92 valence electrons. The Labute approximate surface area is 97.4 Å². The maximum absolute atomic E-state index is 5.79. The third-order valence-corrected chi connectivity index (χ3v) is 2.66. The molecule has 0 aliphatic rings. The number of aryl methyl sites for hydroxylation is 1. The van der Waals surface area contributed by atoms with E-state index in [1.54, 1.807) is 0 Å². The molecule has 5 heteroatoms. The van der Waals surface area contributed by atoms with Crippen LogP contribution in [0, 0.1) is 6.92 Å². The van der Waals surface area contributed by atoms with Gasteiger partial charge in [0.05, 0.1) is 0 Å². The number of H-pyrrole nitrogens is 1. The molecule has 0 aromatic carbocycles. The molecule has 0 saturated carbocycles. The number of rotatable bonds is 6. The molecule has 16 heavy (non-hydrogen) atoms. The summed E-state index contributed by atoms with van der Waals surface area (Å²) in [6, 6.07) is 0.338. The Morgan fingerprint density at radius 2 is 2.06 bits per heavy atom. The average molecular weight is 225 g/mol. The van der Waals surface area contributed by atoms with Crippen molar-refractivity contribution in [2.24, 2.45) is 0 Å². The number of nitrogens with zero attached hydrogens (tertiary/aromatic N) is 2. The minimum absolute atomic E-state index is 0.338. The van der Waals surface area contributed by atoms with Gasteiger partial charge in [-0.05, 0) is 26.9 Å². The van der Waals surface area contributed by atoms with Crippen LogP contribution in [-0.4, -0.2) is 40.5 Å². The summed E-state index contributed by atoms with van der Waals surface area (Å²) >= 11 is 0. The molecule has 5 nitrogen and oxygen atoms in total. The average Bonchev–Trinajstić information content (AvgIpc) is 2.54. The number of anilines is 2. The molecule has 1 aromatic rings. The first-order valence-electron chi connectivity index (χ1n) is 5.87. The SMILES string of the molecule is CCN(CC)CC(C)Nc1nc(C)[nH]c1N. The summed E-state index contributed by atoms with van der Waals surface area (Å²) in [7, 11) is 0. The smallest absolute Gasteiger partial charge is 0.169 e. The summed E-state index contributed by atoms with van der Waals surface area (Å²) in [5, 5.41) is 3.32. The third kappa shape index (κ3) is 3.41. The van der Waals surface area contributed by atoms with E-state index in [4.69, 9.17) is 5.73 Å². The Morgan fingerprint density at radius 3 is 2.50 bits per heavy atom. The second kappa shape index (κ2) is 5.75.